The molecule has 0 radical (unpaired) electrons. The highest BCUT2D eigenvalue weighted by Gasteiger charge is 2.13. The Bertz CT molecular complexity index is 585. The van der Waals surface area contributed by atoms with Crippen molar-refractivity contribution in [2.24, 2.45) is 14.1 Å². The van der Waals surface area contributed by atoms with Crippen LogP contribution in [0.2, 0.25) is 0 Å². The molecule has 6 nitrogen and oxygen atoms in total. The molecule has 0 aliphatic rings. The zero-order valence-electron chi connectivity index (χ0n) is 10.3. The van der Waals surface area contributed by atoms with Crippen LogP contribution in [0.4, 0.5) is 0 Å². The molecule has 2 rings (SSSR count). The molecule has 0 bridgehead atoms. The van der Waals surface area contributed by atoms with Gasteiger partial charge in [-0.05, 0) is 6.42 Å². The highest BCUT2D eigenvalue weighted by molar-refractivity contribution is 5.76. The van der Waals surface area contributed by atoms with Gasteiger partial charge in [0.2, 0.25) is 5.88 Å². The van der Waals surface area contributed by atoms with Crippen molar-refractivity contribution >= 4 is 11.2 Å². The Labute approximate surface area is 98.9 Å². The normalized spacial score (nSPS) is 11.0. The van der Waals surface area contributed by atoms with Crippen molar-refractivity contribution in [2.75, 3.05) is 6.61 Å². The molecule has 0 amide bonds. The van der Waals surface area contributed by atoms with Crippen LogP contribution in [0.5, 0.6) is 5.88 Å². The van der Waals surface area contributed by atoms with Crippen LogP contribution in [0.25, 0.3) is 11.2 Å². The molecule has 0 aliphatic heterocycles. The third kappa shape index (κ3) is 2.02. The Balaban J connectivity index is 2.50. The monoisotopic (exact) mass is 236 g/mol. The summed E-state index contributed by atoms with van der Waals surface area (Å²) in [6, 6.07) is 0. The second kappa shape index (κ2) is 4.57. The summed E-state index contributed by atoms with van der Waals surface area (Å²) in [4.78, 5) is 19.7. The quantitative estimate of drug-likeness (QED) is 0.738. The zero-order chi connectivity index (χ0) is 12.4. The molecule has 0 saturated carbocycles. The first-order valence-corrected chi connectivity index (χ1v) is 5.66. The minimum Gasteiger partial charge on any atom is -0.476 e. The Morgan fingerprint density at radius 1 is 1.41 bits per heavy atom. The lowest BCUT2D eigenvalue weighted by molar-refractivity contribution is 0.298. The van der Waals surface area contributed by atoms with Gasteiger partial charge >= 0.3 is 5.69 Å². The van der Waals surface area contributed by atoms with Gasteiger partial charge in [0.15, 0.2) is 5.65 Å². The number of rotatable bonds is 4. The minimum atomic E-state index is -0.345. The summed E-state index contributed by atoms with van der Waals surface area (Å²) in [5.41, 5.74) is 1.00. The van der Waals surface area contributed by atoms with Crippen LogP contribution in [-0.4, -0.2) is 25.7 Å². The summed E-state index contributed by atoms with van der Waals surface area (Å²) >= 11 is 0. The summed E-state index contributed by atoms with van der Waals surface area (Å²) in [6.07, 6.45) is 3.63. The molecule has 0 unspecified atom stereocenters. The largest absolute Gasteiger partial charge is 0.476 e. The number of ether oxygens (including phenoxy) is 1. The number of aromatic nitrogens is 4. The lowest BCUT2D eigenvalue weighted by Gasteiger charge is -2.07. The highest BCUT2D eigenvalue weighted by Crippen LogP contribution is 2.19. The van der Waals surface area contributed by atoms with Crippen molar-refractivity contribution in [3.05, 3.63) is 16.8 Å². The molecule has 0 saturated heterocycles. The summed E-state index contributed by atoms with van der Waals surface area (Å²) in [7, 11) is 3.51. The van der Waals surface area contributed by atoms with E-state index in [4.69, 9.17) is 4.74 Å². The maximum atomic E-state index is 11.6. The van der Waals surface area contributed by atoms with Crippen molar-refractivity contribution < 1.29 is 4.74 Å². The second-order valence-corrected chi connectivity index (χ2v) is 3.99. The van der Waals surface area contributed by atoms with E-state index in [1.165, 1.54) is 4.57 Å². The zero-order valence-corrected chi connectivity index (χ0v) is 10.3. The van der Waals surface area contributed by atoms with Crippen LogP contribution < -0.4 is 10.4 Å². The minimum absolute atomic E-state index is 0.345. The van der Waals surface area contributed by atoms with Gasteiger partial charge in [0.1, 0.15) is 5.52 Å². The number of nitrogens with zero attached hydrogens (tertiary/aromatic N) is 4. The van der Waals surface area contributed by atoms with E-state index in [1.807, 2.05) is 11.6 Å². The fraction of sp³-hybridized carbons (Fsp3) is 0.545. The first-order chi connectivity index (χ1) is 8.15. The van der Waals surface area contributed by atoms with E-state index in [0.29, 0.717) is 18.1 Å². The number of unbranched alkanes of at least 4 members (excludes halogenated alkanes) is 1. The Kier molecular flexibility index (Phi) is 3.12. The fourth-order valence-corrected chi connectivity index (χ4v) is 1.63. The van der Waals surface area contributed by atoms with Gasteiger partial charge in [-0.3, -0.25) is 4.57 Å². The standard InChI is InChI=1S/C11H16N4O2/c1-4-5-6-17-10-8-9(12-7-14(8)2)15(3)11(16)13-10/h7H,4-6H2,1-3H3. The molecule has 0 aromatic carbocycles. The van der Waals surface area contributed by atoms with Gasteiger partial charge in [-0.25, -0.2) is 9.78 Å². The average Bonchev–Trinajstić information content (AvgIpc) is 2.68. The molecule has 0 fully saturated rings. The van der Waals surface area contributed by atoms with Gasteiger partial charge in [-0.15, -0.1) is 0 Å². The van der Waals surface area contributed by atoms with Crippen molar-refractivity contribution in [1.29, 1.82) is 0 Å². The van der Waals surface area contributed by atoms with Gasteiger partial charge in [-0.1, -0.05) is 13.3 Å². The van der Waals surface area contributed by atoms with Crippen LogP contribution in [0, 0.1) is 0 Å². The number of fused-ring (bicyclic) bond motifs is 1. The van der Waals surface area contributed by atoms with Crippen LogP contribution in [0.1, 0.15) is 19.8 Å². The fourth-order valence-electron chi connectivity index (χ4n) is 1.63. The van der Waals surface area contributed by atoms with Gasteiger partial charge in [0.05, 0.1) is 12.9 Å². The van der Waals surface area contributed by atoms with Crippen molar-refractivity contribution in [2.45, 2.75) is 19.8 Å². The molecule has 0 aliphatic carbocycles. The number of imidazole rings is 1. The van der Waals surface area contributed by atoms with Gasteiger partial charge in [0, 0.05) is 14.1 Å². The summed E-state index contributed by atoms with van der Waals surface area (Å²) < 4.78 is 8.78. The van der Waals surface area contributed by atoms with Crippen LogP contribution in [-0.2, 0) is 14.1 Å². The van der Waals surface area contributed by atoms with Gasteiger partial charge < -0.3 is 9.30 Å². The summed E-state index contributed by atoms with van der Waals surface area (Å²) in [5, 5.41) is 0. The first-order valence-electron chi connectivity index (χ1n) is 5.66. The van der Waals surface area contributed by atoms with Crippen LogP contribution in [0.3, 0.4) is 0 Å². The van der Waals surface area contributed by atoms with Gasteiger partial charge in [-0.2, -0.15) is 4.98 Å². The first kappa shape index (κ1) is 11.6. The van der Waals surface area contributed by atoms with Crippen molar-refractivity contribution in [3.63, 3.8) is 0 Å². The molecular formula is C11H16N4O2. The maximum absolute atomic E-state index is 11.6. The predicted molar refractivity (Wildman–Crippen MR) is 64.2 cm³/mol. The highest BCUT2D eigenvalue weighted by atomic mass is 16.5. The smallest absolute Gasteiger partial charge is 0.352 e. The average molecular weight is 236 g/mol. The van der Waals surface area contributed by atoms with Crippen LogP contribution >= 0.6 is 0 Å². The molecule has 0 spiro atoms. The molecular weight excluding hydrogens is 220 g/mol. The summed E-state index contributed by atoms with van der Waals surface area (Å²) in [6.45, 7) is 2.65. The van der Waals surface area contributed by atoms with E-state index < -0.39 is 0 Å². The van der Waals surface area contributed by atoms with Crippen molar-refractivity contribution in [1.82, 2.24) is 19.1 Å². The number of hydrogen-bond donors (Lipinski definition) is 0. The summed E-state index contributed by atoms with van der Waals surface area (Å²) in [5.74, 6) is 0.372. The number of aryl methyl sites for hydroxylation is 2. The molecule has 2 aromatic heterocycles. The maximum Gasteiger partial charge on any atom is 0.352 e. The predicted octanol–water partition coefficient (Wildman–Crippen LogP) is 0.846. The van der Waals surface area contributed by atoms with E-state index in [1.54, 1.807) is 13.4 Å². The van der Waals surface area contributed by atoms with E-state index >= 15 is 0 Å². The SMILES string of the molecule is CCCCOc1nc(=O)n(C)c2ncn(C)c12. The third-order valence-corrected chi connectivity index (χ3v) is 2.66. The van der Waals surface area contributed by atoms with Gasteiger partial charge in [0.25, 0.3) is 0 Å². The van der Waals surface area contributed by atoms with E-state index in [2.05, 4.69) is 16.9 Å². The third-order valence-electron chi connectivity index (χ3n) is 2.66. The lowest BCUT2D eigenvalue weighted by atomic mass is 10.4. The molecule has 6 heteroatoms. The second-order valence-electron chi connectivity index (χ2n) is 3.99. The lowest BCUT2D eigenvalue weighted by Crippen LogP contribution is -2.21. The molecule has 92 valence electrons. The van der Waals surface area contributed by atoms with E-state index in [-0.39, 0.29) is 5.69 Å². The Morgan fingerprint density at radius 2 is 2.18 bits per heavy atom. The topological polar surface area (TPSA) is 61.9 Å². The molecule has 0 N–H and O–H groups in total. The Hall–Kier alpha value is -1.85. The van der Waals surface area contributed by atoms with Crippen molar-refractivity contribution in [3.8, 4) is 5.88 Å². The Morgan fingerprint density at radius 3 is 2.88 bits per heavy atom. The molecule has 2 heterocycles. The molecule has 2 aromatic rings. The number of hydrogen-bond acceptors (Lipinski definition) is 4. The van der Waals surface area contributed by atoms with E-state index in [0.717, 1.165) is 18.4 Å². The molecule has 0 atom stereocenters. The van der Waals surface area contributed by atoms with Crippen LogP contribution in [0.15, 0.2) is 11.1 Å². The molecule has 17 heavy (non-hydrogen) atoms. The van der Waals surface area contributed by atoms with E-state index in [9.17, 15) is 4.79 Å².